The Morgan fingerprint density at radius 1 is 0.721 bits per heavy atom. The monoisotopic (exact) mass is 952 g/mol. The fraction of sp³-hybridized carbons (Fsp3) is 0.533. The van der Waals surface area contributed by atoms with E-state index in [1.807, 2.05) is 24.8 Å². The molecule has 0 radical (unpaired) electrons. The number of nitrogens with one attached hydrogen (secondary N) is 2. The second kappa shape index (κ2) is 16.9. The van der Waals surface area contributed by atoms with Crippen molar-refractivity contribution in [1.29, 1.82) is 0 Å². The van der Waals surface area contributed by atoms with Crippen LogP contribution in [0.25, 0.3) is 22.1 Å². The van der Waals surface area contributed by atoms with Crippen molar-refractivity contribution in [3.8, 4) is 0 Å². The van der Waals surface area contributed by atoms with Crippen LogP contribution in [-0.2, 0) is 18.9 Å². The topological polar surface area (TPSA) is 124 Å². The van der Waals surface area contributed by atoms with Gasteiger partial charge in [-0.05, 0) is 89.4 Å². The Hall–Kier alpha value is 1.01. The van der Waals surface area contributed by atoms with E-state index < -0.39 is 0 Å². The Morgan fingerprint density at radius 2 is 1.21 bits per heavy atom. The number of fused-ring (bicyclic) bond motifs is 2. The molecule has 4 fully saturated rings. The zero-order valence-corrected chi connectivity index (χ0v) is 33.9. The SMILES string of the molecule is II.Ic1c[nH]c2ncc(C3CCC4(CC3)OCCO4)cc12.[K+].[OH-].c1cc2cc(C3CCC4(CC3)OCCO4)cnc2[nH]1. The Morgan fingerprint density at radius 3 is 1.74 bits per heavy atom. The summed E-state index contributed by atoms with van der Waals surface area (Å²) < 4.78 is 24.4. The van der Waals surface area contributed by atoms with E-state index in [9.17, 15) is 0 Å². The van der Waals surface area contributed by atoms with Crippen LogP contribution in [0, 0.1) is 3.57 Å². The van der Waals surface area contributed by atoms with E-state index in [4.69, 9.17) is 18.9 Å². The first-order chi connectivity index (χ1) is 20.1. The summed E-state index contributed by atoms with van der Waals surface area (Å²) in [5, 5.41) is 2.43. The molecule has 2 spiro atoms. The second-order valence-corrected chi connectivity index (χ2v) is 12.4. The molecule has 228 valence electrons. The smallest absolute Gasteiger partial charge is 0.870 e. The van der Waals surface area contributed by atoms with Gasteiger partial charge in [-0.2, -0.15) is 0 Å². The third-order valence-corrected chi connectivity index (χ3v) is 9.88. The van der Waals surface area contributed by atoms with Gasteiger partial charge in [-0.3, -0.25) is 0 Å². The van der Waals surface area contributed by atoms with E-state index >= 15 is 0 Å². The summed E-state index contributed by atoms with van der Waals surface area (Å²) in [6.07, 6.45) is 16.5. The Bertz CT molecular complexity index is 1440. The molecule has 8 rings (SSSR count). The molecule has 3 N–H and O–H groups in total. The van der Waals surface area contributed by atoms with Gasteiger partial charge in [0.2, 0.25) is 0 Å². The predicted octanol–water partition coefficient (Wildman–Crippen LogP) is 5.13. The molecule has 2 saturated heterocycles. The van der Waals surface area contributed by atoms with Crippen LogP contribution < -0.4 is 51.4 Å². The number of hydrogen-bond acceptors (Lipinski definition) is 7. The van der Waals surface area contributed by atoms with Crippen molar-refractivity contribution in [2.45, 2.75) is 74.8 Å². The van der Waals surface area contributed by atoms with Gasteiger partial charge in [0.05, 0.1) is 26.4 Å². The van der Waals surface area contributed by atoms with Crippen LogP contribution in [0.3, 0.4) is 0 Å². The van der Waals surface area contributed by atoms with Crippen LogP contribution in [-0.4, -0.2) is 63.4 Å². The van der Waals surface area contributed by atoms with E-state index in [1.54, 1.807) is 0 Å². The minimum atomic E-state index is -0.267. The second-order valence-electron chi connectivity index (χ2n) is 11.2. The van der Waals surface area contributed by atoms with Crippen molar-refractivity contribution in [1.82, 2.24) is 19.9 Å². The van der Waals surface area contributed by atoms with Gasteiger partial charge in [0, 0.05) is 102 Å². The van der Waals surface area contributed by atoms with E-state index in [0.717, 1.165) is 89.1 Å². The fourth-order valence-corrected chi connectivity index (χ4v) is 7.31. The predicted molar refractivity (Wildman–Crippen MR) is 187 cm³/mol. The number of rotatable bonds is 2. The number of ether oxygens (including phenoxy) is 4. The quantitative estimate of drug-likeness (QED) is 0.211. The summed E-state index contributed by atoms with van der Waals surface area (Å²) in [5.41, 5.74) is 4.65. The molecular weight excluding hydrogens is 916 g/mol. The normalized spacial score (nSPS) is 22.3. The van der Waals surface area contributed by atoms with E-state index in [0.29, 0.717) is 11.8 Å². The molecule has 0 aromatic carbocycles. The van der Waals surface area contributed by atoms with Gasteiger partial charge in [-0.25, -0.2) is 9.97 Å². The molecule has 4 aromatic heterocycles. The third-order valence-electron chi connectivity index (χ3n) is 8.99. The van der Waals surface area contributed by atoms with Gasteiger partial charge in [0.1, 0.15) is 11.3 Å². The van der Waals surface area contributed by atoms with Crippen molar-refractivity contribution in [2.75, 3.05) is 26.4 Å². The first-order valence-electron chi connectivity index (χ1n) is 14.4. The Labute approximate surface area is 331 Å². The van der Waals surface area contributed by atoms with Crippen molar-refractivity contribution < 1.29 is 75.8 Å². The van der Waals surface area contributed by atoms with Gasteiger partial charge in [-0.15, -0.1) is 0 Å². The maximum Gasteiger partial charge on any atom is 1.00 e. The minimum absolute atomic E-state index is 0. The first kappa shape index (κ1) is 36.8. The average Bonchev–Trinajstić information content (AvgIpc) is 3.84. The molecule has 0 bridgehead atoms. The Balaban J connectivity index is 0.000000179. The number of H-pyrrole nitrogens is 2. The van der Waals surface area contributed by atoms with Crippen molar-refractivity contribution >= 4 is 81.9 Å². The van der Waals surface area contributed by atoms with Crippen LogP contribution in [0.4, 0.5) is 0 Å². The number of halogens is 3. The Kier molecular flexibility index (Phi) is 14.5. The van der Waals surface area contributed by atoms with Crippen LogP contribution >= 0.6 is 59.8 Å². The minimum Gasteiger partial charge on any atom is -0.870 e. The van der Waals surface area contributed by atoms with Gasteiger partial charge in [0.25, 0.3) is 0 Å². The molecule has 0 amide bonds. The van der Waals surface area contributed by atoms with Gasteiger partial charge in [0.15, 0.2) is 11.6 Å². The number of aromatic amines is 2. The summed E-state index contributed by atoms with van der Waals surface area (Å²) in [7, 11) is 0. The zero-order chi connectivity index (χ0) is 28.3. The molecule has 4 aliphatic rings. The largest absolute Gasteiger partial charge is 1.00 e. The van der Waals surface area contributed by atoms with Crippen molar-refractivity contribution in [2.24, 2.45) is 0 Å². The molecular formula is C30H36I3KN4O5. The fourth-order valence-electron chi connectivity index (χ4n) is 6.74. The molecule has 43 heavy (non-hydrogen) atoms. The molecule has 6 heterocycles. The molecule has 9 nitrogen and oxygen atoms in total. The molecule has 2 aliphatic heterocycles. The standard InChI is InChI=1S/C15H17IN2O2.C15H18N2O2.I2.K.H2O/c16-13-9-18-14-12(13)7-11(8-17-14)10-1-3-15(4-2-10)19-5-6-20-15;1-4-15(18-7-8-19-15)5-2-11(1)13-9-12-3-6-16-14(12)17-10-13;1-2;;/h7-10H,1-6H2,(H,17,18);3,6,9-11H,1-2,4-5,7-8H2,(H,16,17);;;1H2/q;;;+1;/p-1. The number of nitrogens with zero attached hydrogens (tertiary/aromatic N) is 2. The molecule has 4 aromatic rings. The summed E-state index contributed by atoms with van der Waals surface area (Å²) in [6, 6.07) is 6.64. The van der Waals surface area contributed by atoms with E-state index in [-0.39, 0.29) is 68.4 Å². The first-order valence-corrected chi connectivity index (χ1v) is 21.7. The number of hydrogen-bond donors (Lipinski definition) is 2. The molecule has 2 aliphatic carbocycles. The van der Waals surface area contributed by atoms with Crippen LogP contribution in [0.2, 0.25) is 0 Å². The van der Waals surface area contributed by atoms with Crippen LogP contribution in [0.15, 0.2) is 43.0 Å². The molecule has 2 saturated carbocycles. The molecule has 0 atom stereocenters. The molecule has 0 unspecified atom stereocenters. The zero-order valence-electron chi connectivity index (χ0n) is 24.3. The average molecular weight is 952 g/mol. The van der Waals surface area contributed by atoms with Crippen molar-refractivity contribution in [3.05, 3.63) is 57.7 Å². The summed E-state index contributed by atoms with van der Waals surface area (Å²) >= 11 is 6.60. The number of aromatic nitrogens is 4. The van der Waals surface area contributed by atoms with E-state index in [1.165, 1.54) is 25.5 Å². The van der Waals surface area contributed by atoms with Crippen molar-refractivity contribution in [3.63, 3.8) is 0 Å². The third kappa shape index (κ3) is 8.54. The molecule has 13 heteroatoms. The van der Waals surface area contributed by atoms with Crippen LogP contribution in [0.1, 0.15) is 74.3 Å². The maximum absolute atomic E-state index is 5.80. The van der Waals surface area contributed by atoms with E-state index in [2.05, 4.69) is 98.0 Å². The summed E-state index contributed by atoms with van der Waals surface area (Å²) in [4.78, 5) is 15.4. The van der Waals surface area contributed by atoms with Gasteiger partial charge >= 0.3 is 51.4 Å². The summed E-state index contributed by atoms with van der Waals surface area (Å²) in [6.45, 7) is 3.00. The number of pyridine rings is 2. The van der Waals surface area contributed by atoms with Gasteiger partial charge in [-0.1, -0.05) is 0 Å². The van der Waals surface area contributed by atoms with Gasteiger partial charge < -0.3 is 34.4 Å². The maximum atomic E-state index is 5.80. The van der Waals surface area contributed by atoms with Crippen LogP contribution in [0.5, 0.6) is 0 Å². The summed E-state index contributed by atoms with van der Waals surface area (Å²) in [5.74, 6) is 0.639.